The number of aromatic carboxylic acids is 1. The molecule has 3 rings (SSSR count). The highest BCUT2D eigenvalue weighted by Gasteiger charge is 2.39. The first-order valence-electron chi connectivity index (χ1n) is 6.58. The molecule has 2 saturated carbocycles. The van der Waals surface area contributed by atoms with E-state index in [0.29, 0.717) is 11.3 Å². The normalized spacial score (nSPS) is 29.7. The molecule has 5 heteroatoms. The molecule has 2 N–H and O–H groups in total. The molecule has 2 bridgehead atoms. The van der Waals surface area contributed by atoms with E-state index in [4.69, 9.17) is 5.11 Å². The van der Waals surface area contributed by atoms with Crippen LogP contribution in [0, 0.1) is 24.7 Å². The molecular formula is C13H18N2O2S. The van der Waals surface area contributed by atoms with Crippen molar-refractivity contribution in [2.24, 2.45) is 17.8 Å². The molecule has 2 aliphatic rings. The van der Waals surface area contributed by atoms with Crippen molar-refractivity contribution in [2.75, 3.05) is 11.9 Å². The van der Waals surface area contributed by atoms with Gasteiger partial charge in [-0.3, -0.25) is 0 Å². The number of hydrogen-bond acceptors (Lipinski definition) is 4. The van der Waals surface area contributed by atoms with Gasteiger partial charge in [-0.05, 0) is 55.5 Å². The zero-order chi connectivity index (χ0) is 12.7. The van der Waals surface area contributed by atoms with Crippen LogP contribution < -0.4 is 5.32 Å². The molecule has 0 saturated heterocycles. The number of fused-ring (bicyclic) bond motifs is 2. The fourth-order valence-corrected chi connectivity index (χ4v) is 4.39. The molecular weight excluding hydrogens is 248 g/mol. The molecule has 1 heterocycles. The number of aryl methyl sites for hydroxylation is 1. The first-order valence-corrected chi connectivity index (χ1v) is 7.36. The number of nitrogens with one attached hydrogen (secondary N) is 1. The van der Waals surface area contributed by atoms with Crippen LogP contribution in [0.15, 0.2) is 0 Å². The van der Waals surface area contributed by atoms with Crippen molar-refractivity contribution in [2.45, 2.75) is 32.6 Å². The van der Waals surface area contributed by atoms with Gasteiger partial charge in [0, 0.05) is 6.54 Å². The first kappa shape index (κ1) is 12.0. The summed E-state index contributed by atoms with van der Waals surface area (Å²) in [4.78, 5) is 11.2. The van der Waals surface area contributed by atoms with Gasteiger partial charge < -0.3 is 10.4 Å². The lowest BCUT2D eigenvalue weighted by atomic mass is 9.89. The summed E-state index contributed by atoms with van der Waals surface area (Å²) in [6.45, 7) is 2.66. The number of aromatic nitrogens is 1. The van der Waals surface area contributed by atoms with Crippen LogP contribution in [0.5, 0.6) is 0 Å². The van der Waals surface area contributed by atoms with Crippen LogP contribution in [0.2, 0.25) is 0 Å². The smallest absolute Gasteiger partial charge is 0.340 e. The summed E-state index contributed by atoms with van der Waals surface area (Å²) in [6, 6.07) is 0. The maximum atomic E-state index is 11.2. The molecule has 3 unspecified atom stereocenters. The molecule has 0 aromatic carbocycles. The minimum absolute atomic E-state index is 0.350. The van der Waals surface area contributed by atoms with Crippen molar-refractivity contribution in [3.05, 3.63) is 11.3 Å². The topological polar surface area (TPSA) is 62.2 Å². The van der Waals surface area contributed by atoms with Crippen LogP contribution in [0.1, 0.15) is 41.7 Å². The molecule has 0 radical (unpaired) electrons. The molecule has 4 nitrogen and oxygen atoms in total. The summed E-state index contributed by atoms with van der Waals surface area (Å²) in [6.07, 6.45) is 5.48. The lowest BCUT2D eigenvalue weighted by Crippen LogP contribution is -2.20. The monoisotopic (exact) mass is 266 g/mol. The van der Waals surface area contributed by atoms with Crippen LogP contribution >= 0.6 is 11.5 Å². The van der Waals surface area contributed by atoms with Gasteiger partial charge in [-0.1, -0.05) is 6.42 Å². The Kier molecular flexibility index (Phi) is 3.01. The largest absolute Gasteiger partial charge is 0.478 e. The van der Waals surface area contributed by atoms with Crippen molar-refractivity contribution in [1.82, 2.24) is 4.37 Å². The number of nitrogens with zero attached hydrogens (tertiary/aromatic N) is 1. The first-order chi connectivity index (χ1) is 8.65. The number of carboxylic acids is 1. The summed E-state index contributed by atoms with van der Waals surface area (Å²) in [5.41, 5.74) is 0.964. The Morgan fingerprint density at radius 1 is 1.50 bits per heavy atom. The SMILES string of the molecule is Cc1nsc(NCC2CC3CCC2C3)c1C(=O)O. The zero-order valence-corrected chi connectivity index (χ0v) is 11.3. The van der Waals surface area contributed by atoms with E-state index in [9.17, 15) is 4.79 Å². The van der Waals surface area contributed by atoms with Crippen molar-refractivity contribution in [1.29, 1.82) is 0 Å². The van der Waals surface area contributed by atoms with Gasteiger partial charge in [-0.25, -0.2) is 4.79 Å². The molecule has 2 fully saturated rings. The maximum Gasteiger partial charge on any atom is 0.340 e. The van der Waals surface area contributed by atoms with Crippen LogP contribution in [-0.2, 0) is 0 Å². The van der Waals surface area contributed by atoms with Crippen LogP contribution in [0.4, 0.5) is 5.00 Å². The van der Waals surface area contributed by atoms with Crippen molar-refractivity contribution >= 4 is 22.5 Å². The zero-order valence-electron chi connectivity index (χ0n) is 10.5. The Morgan fingerprint density at radius 2 is 2.33 bits per heavy atom. The molecule has 0 aliphatic heterocycles. The van der Waals surface area contributed by atoms with E-state index in [2.05, 4.69) is 9.69 Å². The van der Waals surface area contributed by atoms with E-state index in [1.165, 1.54) is 37.2 Å². The van der Waals surface area contributed by atoms with E-state index >= 15 is 0 Å². The second kappa shape index (κ2) is 4.53. The third kappa shape index (κ3) is 2.00. The fourth-order valence-electron chi connectivity index (χ4n) is 3.59. The highest BCUT2D eigenvalue weighted by atomic mass is 32.1. The lowest BCUT2D eigenvalue weighted by molar-refractivity contribution is 0.0697. The number of carboxylic acid groups (broad SMARTS) is 1. The van der Waals surface area contributed by atoms with E-state index in [-0.39, 0.29) is 0 Å². The van der Waals surface area contributed by atoms with Crippen molar-refractivity contribution in [3.63, 3.8) is 0 Å². The highest BCUT2D eigenvalue weighted by molar-refractivity contribution is 7.10. The van der Waals surface area contributed by atoms with Crippen molar-refractivity contribution < 1.29 is 9.90 Å². The van der Waals surface area contributed by atoms with Crippen LogP contribution in [-0.4, -0.2) is 22.0 Å². The number of hydrogen-bond donors (Lipinski definition) is 2. The van der Waals surface area contributed by atoms with Gasteiger partial charge in [-0.2, -0.15) is 4.37 Å². The molecule has 0 amide bonds. The summed E-state index contributed by atoms with van der Waals surface area (Å²) in [7, 11) is 0. The maximum absolute atomic E-state index is 11.2. The van der Waals surface area contributed by atoms with Gasteiger partial charge in [-0.15, -0.1) is 0 Å². The second-order valence-corrected chi connectivity index (χ2v) is 6.37. The standard InChI is InChI=1S/C13H18N2O2S/c1-7-11(13(16)17)12(18-15-7)14-6-10-5-8-2-3-9(10)4-8/h8-10,14H,2-6H2,1H3,(H,16,17). The Hall–Kier alpha value is -1.10. The van der Waals surface area contributed by atoms with Crippen LogP contribution in [0.25, 0.3) is 0 Å². The van der Waals surface area contributed by atoms with Gasteiger partial charge in [0.15, 0.2) is 0 Å². The van der Waals surface area contributed by atoms with Gasteiger partial charge in [0.25, 0.3) is 0 Å². The number of rotatable bonds is 4. The average Bonchev–Trinajstić information content (AvgIpc) is 3.00. The Balaban J connectivity index is 1.65. The van der Waals surface area contributed by atoms with Gasteiger partial charge in [0.2, 0.25) is 0 Å². The minimum Gasteiger partial charge on any atom is -0.478 e. The van der Waals surface area contributed by atoms with E-state index < -0.39 is 5.97 Å². The van der Waals surface area contributed by atoms with Gasteiger partial charge >= 0.3 is 5.97 Å². The molecule has 1 aromatic heterocycles. The van der Waals surface area contributed by atoms with Crippen molar-refractivity contribution in [3.8, 4) is 0 Å². The van der Waals surface area contributed by atoms with Crippen LogP contribution in [0.3, 0.4) is 0 Å². The predicted octanol–water partition coefficient (Wildman–Crippen LogP) is 3.00. The second-order valence-electron chi connectivity index (χ2n) is 5.59. The molecule has 3 atom stereocenters. The molecule has 98 valence electrons. The van der Waals surface area contributed by atoms with E-state index in [0.717, 1.165) is 29.3 Å². The Labute approximate surface area is 111 Å². The Morgan fingerprint density at radius 3 is 2.94 bits per heavy atom. The Bertz CT molecular complexity index is 472. The molecule has 2 aliphatic carbocycles. The van der Waals surface area contributed by atoms with Gasteiger partial charge in [0.05, 0.1) is 5.69 Å². The summed E-state index contributed by atoms with van der Waals surface area (Å²) in [5, 5.41) is 13.2. The third-order valence-electron chi connectivity index (χ3n) is 4.49. The molecule has 18 heavy (non-hydrogen) atoms. The summed E-state index contributed by atoms with van der Waals surface area (Å²) in [5.74, 6) is 1.65. The third-order valence-corrected chi connectivity index (χ3v) is 5.38. The van der Waals surface area contributed by atoms with E-state index in [1.807, 2.05) is 0 Å². The predicted molar refractivity (Wildman–Crippen MR) is 71.2 cm³/mol. The number of carbonyl (C=O) groups is 1. The minimum atomic E-state index is -0.878. The molecule has 1 aromatic rings. The number of anilines is 1. The fraction of sp³-hybridized carbons (Fsp3) is 0.692. The summed E-state index contributed by atoms with van der Waals surface area (Å²) < 4.78 is 4.13. The van der Waals surface area contributed by atoms with Gasteiger partial charge in [0.1, 0.15) is 10.6 Å². The highest BCUT2D eigenvalue weighted by Crippen LogP contribution is 2.48. The lowest BCUT2D eigenvalue weighted by Gasteiger charge is -2.21. The molecule has 0 spiro atoms. The average molecular weight is 266 g/mol. The summed E-state index contributed by atoms with van der Waals surface area (Å²) >= 11 is 1.27. The van der Waals surface area contributed by atoms with E-state index in [1.54, 1.807) is 6.92 Å². The quantitative estimate of drug-likeness (QED) is 0.879.